The van der Waals surface area contributed by atoms with Crippen molar-refractivity contribution < 1.29 is 8.78 Å². The van der Waals surface area contributed by atoms with E-state index >= 15 is 0 Å². The Morgan fingerprint density at radius 3 is 2.65 bits per heavy atom. The van der Waals surface area contributed by atoms with E-state index in [2.05, 4.69) is 11.9 Å². The van der Waals surface area contributed by atoms with Crippen molar-refractivity contribution in [3.05, 3.63) is 53.7 Å². The lowest BCUT2D eigenvalue weighted by molar-refractivity contribution is 0.585. The maximum absolute atomic E-state index is 13.6. The monoisotopic (exact) mass is 233 g/mol. The summed E-state index contributed by atoms with van der Waals surface area (Å²) in [6.45, 7) is 2.08. The normalized spacial score (nSPS) is 10.5. The summed E-state index contributed by atoms with van der Waals surface area (Å²) in [6, 6.07) is 7.30. The largest absolute Gasteiger partial charge is 0.256 e. The second kappa shape index (κ2) is 5.04. The van der Waals surface area contributed by atoms with Gasteiger partial charge in [0, 0.05) is 17.8 Å². The van der Waals surface area contributed by atoms with Crippen molar-refractivity contribution in [1.82, 2.24) is 4.98 Å². The summed E-state index contributed by atoms with van der Waals surface area (Å²) in [6.07, 6.45) is 3.61. The van der Waals surface area contributed by atoms with E-state index in [9.17, 15) is 8.78 Å². The molecule has 0 radical (unpaired) electrons. The van der Waals surface area contributed by atoms with E-state index < -0.39 is 11.6 Å². The summed E-state index contributed by atoms with van der Waals surface area (Å²) < 4.78 is 26.4. The van der Waals surface area contributed by atoms with Crippen molar-refractivity contribution in [2.75, 3.05) is 0 Å². The summed E-state index contributed by atoms with van der Waals surface area (Å²) in [5.74, 6) is -1.15. The molecule has 0 fully saturated rings. The molecule has 0 aliphatic carbocycles. The third kappa shape index (κ3) is 2.67. The van der Waals surface area contributed by atoms with Crippen LogP contribution < -0.4 is 0 Å². The van der Waals surface area contributed by atoms with Crippen LogP contribution in [-0.2, 0) is 6.42 Å². The molecule has 0 aliphatic rings. The number of aromatic nitrogens is 1. The van der Waals surface area contributed by atoms with Crippen LogP contribution in [0.15, 0.2) is 36.5 Å². The fourth-order valence-corrected chi connectivity index (χ4v) is 1.76. The van der Waals surface area contributed by atoms with Gasteiger partial charge in [0.2, 0.25) is 0 Å². The minimum atomic E-state index is -0.578. The second-order valence-electron chi connectivity index (χ2n) is 3.92. The summed E-state index contributed by atoms with van der Waals surface area (Å²) in [5.41, 5.74) is 2.00. The Labute approximate surface area is 99.1 Å². The first-order valence-corrected chi connectivity index (χ1v) is 5.61. The quantitative estimate of drug-likeness (QED) is 0.781. The van der Waals surface area contributed by atoms with Crippen molar-refractivity contribution in [2.45, 2.75) is 19.8 Å². The molecule has 0 saturated heterocycles. The third-order valence-electron chi connectivity index (χ3n) is 2.57. The van der Waals surface area contributed by atoms with Crippen molar-refractivity contribution in [3.63, 3.8) is 0 Å². The molecule has 0 bridgehead atoms. The summed E-state index contributed by atoms with van der Waals surface area (Å²) in [7, 11) is 0. The number of nitrogens with zero attached hydrogens (tertiary/aromatic N) is 1. The Hall–Kier alpha value is -1.77. The van der Waals surface area contributed by atoms with E-state index in [1.54, 1.807) is 6.20 Å². The summed E-state index contributed by atoms with van der Waals surface area (Å²) >= 11 is 0. The van der Waals surface area contributed by atoms with Gasteiger partial charge in [0.25, 0.3) is 0 Å². The molecule has 0 amide bonds. The van der Waals surface area contributed by atoms with Crippen molar-refractivity contribution in [2.24, 2.45) is 0 Å². The highest BCUT2D eigenvalue weighted by molar-refractivity contribution is 5.60. The molecule has 2 aromatic rings. The van der Waals surface area contributed by atoms with Gasteiger partial charge in [0.1, 0.15) is 11.6 Å². The molecular weight excluding hydrogens is 220 g/mol. The van der Waals surface area contributed by atoms with Crippen LogP contribution in [0.1, 0.15) is 18.9 Å². The van der Waals surface area contributed by atoms with E-state index in [1.165, 1.54) is 12.1 Å². The predicted octanol–water partition coefficient (Wildman–Crippen LogP) is 3.98. The first-order chi connectivity index (χ1) is 8.20. The van der Waals surface area contributed by atoms with Gasteiger partial charge in [0.05, 0.1) is 5.69 Å². The molecule has 17 heavy (non-hydrogen) atoms. The van der Waals surface area contributed by atoms with Crippen molar-refractivity contribution in [1.29, 1.82) is 0 Å². The molecule has 1 nitrogen and oxygen atoms in total. The van der Waals surface area contributed by atoms with Gasteiger partial charge in [-0.3, -0.25) is 4.98 Å². The molecular formula is C14H13F2N. The Bertz CT molecular complexity index is 523. The number of halogens is 2. The molecule has 1 aromatic carbocycles. The minimum absolute atomic E-state index is 0.337. The lowest BCUT2D eigenvalue weighted by Crippen LogP contribution is -1.91. The average Bonchev–Trinajstić information content (AvgIpc) is 2.29. The van der Waals surface area contributed by atoms with Crippen LogP contribution in [0.3, 0.4) is 0 Å². The molecule has 88 valence electrons. The highest BCUT2D eigenvalue weighted by Crippen LogP contribution is 2.22. The number of rotatable bonds is 3. The zero-order chi connectivity index (χ0) is 12.3. The van der Waals surface area contributed by atoms with Gasteiger partial charge in [-0.05, 0) is 36.2 Å². The molecule has 0 unspecified atom stereocenters. The molecule has 0 N–H and O–H groups in total. The van der Waals surface area contributed by atoms with Crippen LogP contribution in [0.2, 0.25) is 0 Å². The fraction of sp³-hybridized carbons (Fsp3) is 0.214. The standard InChI is InChI=1S/C14H13F2N/c1-2-3-10-6-7-17-14(8-10)12-5-4-11(15)9-13(12)16/h4-9H,2-3H2,1H3. The van der Waals surface area contributed by atoms with Crippen LogP contribution in [0, 0.1) is 11.6 Å². The Balaban J connectivity index is 2.42. The zero-order valence-corrected chi connectivity index (χ0v) is 9.58. The van der Waals surface area contributed by atoms with E-state index in [0.29, 0.717) is 11.3 Å². The van der Waals surface area contributed by atoms with Crippen LogP contribution in [0.5, 0.6) is 0 Å². The van der Waals surface area contributed by atoms with Crippen LogP contribution in [-0.4, -0.2) is 4.98 Å². The maximum Gasteiger partial charge on any atom is 0.135 e. The van der Waals surface area contributed by atoms with Gasteiger partial charge in [-0.2, -0.15) is 0 Å². The van der Waals surface area contributed by atoms with Crippen LogP contribution in [0.25, 0.3) is 11.3 Å². The molecule has 1 aromatic heterocycles. The van der Waals surface area contributed by atoms with Crippen LogP contribution >= 0.6 is 0 Å². The smallest absolute Gasteiger partial charge is 0.135 e. The Kier molecular flexibility index (Phi) is 3.47. The fourth-order valence-electron chi connectivity index (χ4n) is 1.76. The van der Waals surface area contributed by atoms with Gasteiger partial charge in [-0.15, -0.1) is 0 Å². The van der Waals surface area contributed by atoms with Gasteiger partial charge in [-0.1, -0.05) is 13.3 Å². The number of hydrogen-bond acceptors (Lipinski definition) is 1. The van der Waals surface area contributed by atoms with E-state index in [-0.39, 0.29) is 0 Å². The highest BCUT2D eigenvalue weighted by Gasteiger charge is 2.07. The number of benzene rings is 1. The maximum atomic E-state index is 13.6. The predicted molar refractivity (Wildman–Crippen MR) is 63.6 cm³/mol. The van der Waals surface area contributed by atoms with E-state index in [1.807, 2.05) is 12.1 Å². The number of aryl methyl sites for hydroxylation is 1. The topological polar surface area (TPSA) is 12.9 Å². The molecule has 0 saturated carbocycles. The SMILES string of the molecule is CCCc1ccnc(-c2ccc(F)cc2F)c1. The number of pyridine rings is 1. The molecule has 0 aliphatic heterocycles. The van der Waals surface area contributed by atoms with Crippen molar-refractivity contribution >= 4 is 0 Å². The molecule has 3 heteroatoms. The molecule has 0 atom stereocenters. The van der Waals surface area contributed by atoms with Crippen molar-refractivity contribution in [3.8, 4) is 11.3 Å². The zero-order valence-electron chi connectivity index (χ0n) is 9.58. The average molecular weight is 233 g/mol. The first-order valence-electron chi connectivity index (χ1n) is 5.61. The Morgan fingerprint density at radius 2 is 1.94 bits per heavy atom. The lowest BCUT2D eigenvalue weighted by atomic mass is 10.1. The van der Waals surface area contributed by atoms with Crippen LogP contribution in [0.4, 0.5) is 8.78 Å². The Morgan fingerprint density at radius 1 is 1.12 bits per heavy atom. The minimum Gasteiger partial charge on any atom is -0.256 e. The second-order valence-corrected chi connectivity index (χ2v) is 3.92. The van der Waals surface area contributed by atoms with Gasteiger partial charge >= 0.3 is 0 Å². The summed E-state index contributed by atoms with van der Waals surface area (Å²) in [4.78, 5) is 4.12. The van der Waals surface area contributed by atoms with Gasteiger partial charge < -0.3 is 0 Å². The molecule has 1 heterocycles. The molecule has 0 spiro atoms. The van der Waals surface area contributed by atoms with E-state index in [4.69, 9.17) is 0 Å². The molecule has 2 rings (SSSR count). The first kappa shape index (κ1) is 11.7. The van der Waals surface area contributed by atoms with Gasteiger partial charge in [0.15, 0.2) is 0 Å². The lowest BCUT2D eigenvalue weighted by Gasteiger charge is -2.05. The number of hydrogen-bond donors (Lipinski definition) is 0. The van der Waals surface area contributed by atoms with Gasteiger partial charge in [-0.25, -0.2) is 8.78 Å². The summed E-state index contributed by atoms with van der Waals surface area (Å²) in [5, 5.41) is 0. The highest BCUT2D eigenvalue weighted by atomic mass is 19.1. The van der Waals surface area contributed by atoms with E-state index in [0.717, 1.165) is 24.5 Å². The third-order valence-corrected chi connectivity index (χ3v) is 2.57.